The molecule has 1 aromatic heterocycles. The van der Waals surface area contributed by atoms with Crippen molar-refractivity contribution in [1.29, 1.82) is 0 Å². The summed E-state index contributed by atoms with van der Waals surface area (Å²) in [6.07, 6.45) is 3.61. The second-order valence-electron chi connectivity index (χ2n) is 10.5. The number of hydrogen-bond acceptors (Lipinski definition) is 9. The topological polar surface area (TPSA) is 137 Å². The Morgan fingerprint density at radius 1 is 1.09 bits per heavy atom. The Labute approximate surface area is 294 Å². The summed E-state index contributed by atoms with van der Waals surface area (Å²) in [4.78, 5) is 29.5. The molecule has 0 bridgehead atoms. The van der Waals surface area contributed by atoms with Crippen LogP contribution in [0.2, 0.25) is 0 Å². The van der Waals surface area contributed by atoms with Crippen molar-refractivity contribution in [2.75, 3.05) is 13.2 Å². The summed E-state index contributed by atoms with van der Waals surface area (Å²) in [5.74, 6) is -0.887. The zero-order valence-electron chi connectivity index (χ0n) is 25.1. The maximum atomic E-state index is 13.2. The molecule has 0 radical (unpaired) electrons. The van der Waals surface area contributed by atoms with Crippen LogP contribution in [0, 0.1) is 0 Å². The fourth-order valence-electron chi connectivity index (χ4n) is 5.96. The third-order valence-corrected chi connectivity index (χ3v) is 7.99. The number of ether oxygens (including phenoxy) is 1. The van der Waals surface area contributed by atoms with E-state index in [1.54, 1.807) is 11.8 Å². The number of esters is 1. The molecule has 3 aliphatic rings. The number of rotatable bonds is 9. The number of carbonyl (C=O) groups excluding carboxylic acids is 2. The molecule has 3 aliphatic heterocycles. The molecule has 0 aliphatic carbocycles. The van der Waals surface area contributed by atoms with Gasteiger partial charge >= 0.3 is 65.1 Å². The Kier molecular flexibility index (Phi) is 11.1. The molecule has 0 saturated heterocycles. The van der Waals surface area contributed by atoms with Gasteiger partial charge in [-0.3, -0.25) is 4.79 Å². The molecule has 3 N–H and O–H groups in total. The summed E-state index contributed by atoms with van der Waals surface area (Å²) in [5.41, 5.74) is 5.90. The van der Waals surface area contributed by atoms with Crippen LogP contribution in [0.4, 0.5) is 0 Å². The van der Waals surface area contributed by atoms with Crippen molar-refractivity contribution in [3.63, 3.8) is 0 Å². The van der Waals surface area contributed by atoms with Crippen molar-refractivity contribution >= 4 is 11.9 Å². The zero-order valence-corrected chi connectivity index (χ0v) is 29.1. The molecule has 6 rings (SSSR count). The molecule has 3 aromatic rings. The maximum absolute atomic E-state index is 13.2. The maximum Gasteiger partial charge on any atom is 1.00 e. The van der Waals surface area contributed by atoms with Crippen molar-refractivity contribution in [1.82, 2.24) is 35.7 Å². The average Bonchev–Trinajstić information content (AvgIpc) is 3.69. The first-order valence-electron chi connectivity index (χ1n) is 14.1. The van der Waals surface area contributed by atoms with Crippen LogP contribution < -0.4 is 64.4 Å². The molecule has 2 unspecified atom stereocenters. The summed E-state index contributed by atoms with van der Waals surface area (Å²) in [6, 6.07) is 15.9. The number of H-pyrrole nitrogens is 1. The van der Waals surface area contributed by atoms with E-state index in [4.69, 9.17) is 4.74 Å². The van der Waals surface area contributed by atoms with Crippen LogP contribution in [-0.2, 0) is 20.9 Å². The van der Waals surface area contributed by atoms with E-state index in [1.807, 2.05) is 24.3 Å². The number of nitrogens with zero attached hydrogens (tertiary/aromatic N) is 5. The standard InChI is InChI=1S/C30H33N7O4.2Na/c1-3-5-10-25-31-22-15-23-27(38)26(30(40)41-4-2)29(39)37(23)17-24(22)36(25)16-18-11-13-19(14-12-18)20-8-6-7-9-21(20)28-32-34-35-33-28;;/h6-9,11-14,23,25,31,38H,3-5,10,15-17H2,1-2H3,(H,32,33,34,35);;/q;2*+1. The molecule has 4 heterocycles. The molecule has 2 atom stereocenters. The summed E-state index contributed by atoms with van der Waals surface area (Å²) < 4.78 is 5.04. The molecular formula is C30H33N7Na2O4+2. The number of aromatic nitrogens is 4. The van der Waals surface area contributed by atoms with Gasteiger partial charge in [-0.2, -0.15) is 5.21 Å². The van der Waals surface area contributed by atoms with Crippen molar-refractivity contribution in [3.05, 3.63) is 76.8 Å². The van der Waals surface area contributed by atoms with E-state index < -0.39 is 17.9 Å². The van der Waals surface area contributed by atoms with Gasteiger partial charge in [-0.15, -0.1) is 10.2 Å². The van der Waals surface area contributed by atoms with Crippen LogP contribution >= 0.6 is 0 Å². The Morgan fingerprint density at radius 3 is 2.51 bits per heavy atom. The van der Waals surface area contributed by atoms with Crippen LogP contribution in [0.3, 0.4) is 0 Å². The average molecular weight is 602 g/mol. The van der Waals surface area contributed by atoms with Gasteiger partial charge in [-0.05, 0) is 41.7 Å². The number of aromatic amines is 1. The predicted molar refractivity (Wildman–Crippen MR) is 150 cm³/mol. The summed E-state index contributed by atoms with van der Waals surface area (Å²) in [7, 11) is 0. The first kappa shape index (κ1) is 33.2. The molecule has 11 nitrogen and oxygen atoms in total. The van der Waals surface area contributed by atoms with Gasteiger partial charge in [0, 0.05) is 24.2 Å². The Hall–Kier alpha value is -2.67. The number of unbranched alkanes of at least 4 members (excludes halogenated alkanes) is 1. The summed E-state index contributed by atoms with van der Waals surface area (Å²) >= 11 is 0. The van der Waals surface area contributed by atoms with E-state index in [0.29, 0.717) is 25.3 Å². The molecule has 1 amide bonds. The van der Waals surface area contributed by atoms with Crippen LogP contribution in [0.5, 0.6) is 0 Å². The number of aliphatic hydroxyl groups is 1. The first-order valence-corrected chi connectivity index (χ1v) is 14.1. The smallest absolute Gasteiger partial charge is 0.509 e. The summed E-state index contributed by atoms with van der Waals surface area (Å²) in [5, 5.41) is 29.0. The van der Waals surface area contributed by atoms with Gasteiger partial charge in [0.1, 0.15) is 5.76 Å². The molecule has 0 fully saturated rings. The van der Waals surface area contributed by atoms with Crippen LogP contribution in [0.1, 0.15) is 45.1 Å². The Bertz CT molecular complexity index is 1530. The second kappa shape index (κ2) is 14.4. The normalized spacial score (nSPS) is 19.0. The van der Waals surface area contributed by atoms with E-state index >= 15 is 0 Å². The van der Waals surface area contributed by atoms with Crippen molar-refractivity contribution in [3.8, 4) is 22.5 Å². The number of benzene rings is 2. The monoisotopic (exact) mass is 601 g/mol. The zero-order chi connectivity index (χ0) is 28.5. The molecule has 2 aromatic carbocycles. The molecule has 0 saturated carbocycles. The van der Waals surface area contributed by atoms with E-state index in [9.17, 15) is 14.7 Å². The number of nitrogens with one attached hydrogen (secondary N) is 2. The fraction of sp³-hybridized carbons (Fsp3) is 0.367. The van der Waals surface area contributed by atoms with Gasteiger partial charge in [0.05, 0.1) is 31.1 Å². The minimum Gasteiger partial charge on any atom is -0.509 e. The van der Waals surface area contributed by atoms with Gasteiger partial charge in [0.25, 0.3) is 5.91 Å². The quantitative estimate of drug-likeness (QED) is 0.140. The third kappa shape index (κ3) is 6.43. The van der Waals surface area contributed by atoms with Crippen LogP contribution in [0.25, 0.3) is 22.5 Å². The van der Waals surface area contributed by atoms with Crippen LogP contribution in [0.15, 0.2) is 71.3 Å². The minimum absolute atomic E-state index is 0. The number of fused-ring (bicyclic) bond motifs is 1. The number of aliphatic hydroxyl groups excluding tert-OH is 1. The fourth-order valence-corrected chi connectivity index (χ4v) is 5.96. The van der Waals surface area contributed by atoms with Gasteiger partial charge in [0.2, 0.25) is 5.82 Å². The molecular weight excluding hydrogens is 568 g/mol. The van der Waals surface area contributed by atoms with Gasteiger partial charge in [-0.25, -0.2) is 4.79 Å². The number of hydrogen-bond donors (Lipinski definition) is 3. The van der Waals surface area contributed by atoms with Gasteiger partial charge < -0.3 is 25.0 Å². The van der Waals surface area contributed by atoms with E-state index in [2.05, 4.69) is 62.0 Å². The molecule has 13 heteroatoms. The largest absolute Gasteiger partial charge is 1.00 e. The van der Waals surface area contributed by atoms with Crippen LogP contribution in [-0.4, -0.2) is 72.8 Å². The molecule has 0 spiro atoms. The van der Waals surface area contributed by atoms with E-state index in [-0.39, 0.29) is 83.2 Å². The van der Waals surface area contributed by atoms with Crippen molar-refractivity contribution < 1.29 is 78.5 Å². The SMILES string of the molecule is CCCCC1NC2=C(CN3C(=O)C(C(=O)OCC)=C(O)C3C2)N1Cc1ccc(-c2ccccc2-c2nn[nH]n2)cc1.[Na+].[Na+]. The second-order valence-corrected chi connectivity index (χ2v) is 10.5. The Morgan fingerprint density at radius 2 is 1.84 bits per heavy atom. The van der Waals surface area contributed by atoms with E-state index in [1.165, 1.54) is 0 Å². The van der Waals surface area contributed by atoms with Crippen molar-refractivity contribution in [2.24, 2.45) is 0 Å². The van der Waals surface area contributed by atoms with Gasteiger partial charge in [0.15, 0.2) is 5.57 Å². The van der Waals surface area contributed by atoms with Gasteiger partial charge in [-0.1, -0.05) is 61.9 Å². The van der Waals surface area contributed by atoms with Crippen molar-refractivity contribution in [2.45, 2.75) is 58.3 Å². The number of tetrazole rings is 1. The Balaban J connectivity index is 0.00000212. The number of amides is 1. The molecule has 212 valence electrons. The predicted octanol–water partition coefficient (Wildman–Crippen LogP) is -2.34. The number of carbonyl (C=O) groups is 2. The summed E-state index contributed by atoms with van der Waals surface area (Å²) in [6.45, 7) is 4.96. The van der Waals surface area contributed by atoms with E-state index in [0.717, 1.165) is 52.9 Å². The first-order chi connectivity index (χ1) is 20.0. The third-order valence-electron chi connectivity index (χ3n) is 7.99. The molecule has 43 heavy (non-hydrogen) atoms. The minimum atomic E-state index is -0.767.